The number of carboxylic acids is 2. The van der Waals surface area contributed by atoms with Gasteiger partial charge >= 0.3 is 11.9 Å². The Kier molecular flexibility index (Phi) is 23.0. The highest BCUT2D eigenvalue weighted by Gasteiger charge is 2.41. The molecule has 402 valence electrons. The number of carbonyl (C=O) groups is 9. The molecule has 0 spiro atoms. The number of rotatable bonds is 29. The van der Waals surface area contributed by atoms with Crippen LogP contribution in [0.1, 0.15) is 83.0 Å². The number of aromatic nitrogens is 2. The minimum atomic E-state index is -1.49. The molecule has 0 unspecified atom stereocenters. The van der Waals surface area contributed by atoms with Crippen molar-refractivity contribution >= 4 is 59.2 Å². The predicted molar refractivity (Wildman–Crippen MR) is 271 cm³/mol. The Hall–Kier alpha value is -7.89. The molecule has 3 aromatic rings. The summed E-state index contributed by atoms with van der Waals surface area (Å²) in [4.78, 5) is 134. The number of amides is 7. The first kappa shape index (κ1) is 58.7. The summed E-state index contributed by atoms with van der Waals surface area (Å²) in [5.74, 6) is -9.25. The van der Waals surface area contributed by atoms with Crippen molar-refractivity contribution in [3.63, 3.8) is 0 Å². The van der Waals surface area contributed by atoms with Gasteiger partial charge in [-0.25, -0.2) is 9.78 Å². The van der Waals surface area contributed by atoms with Crippen LogP contribution in [0.15, 0.2) is 78.2 Å². The molecule has 74 heavy (non-hydrogen) atoms. The first-order valence-corrected chi connectivity index (χ1v) is 24.6. The predicted octanol–water partition coefficient (Wildman–Crippen LogP) is -1.02. The van der Waals surface area contributed by atoms with Crippen LogP contribution in [0.4, 0.5) is 0 Å². The van der Waals surface area contributed by atoms with E-state index in [1.165, 1.54) is 17.4 Å². The molecule has 1 fully saturated rings. The Balaban J connectivity index is 1.57. The zero-order valence-corrected chi connectivity index (χ0v) is 42.1. The van der Waals surface area contributed by atoms with Crippen LogP contribution in [0.25, 0.3) is 0 Å². The number of likely N-dealkylation sites (tertiary alicyclic amines) is 1. The topological polar surface area (TPSA) is 389 Å². The first-order valence-electron chi connectivity index (χ1n) is 24.6. The number of hydrogen-bond donors (Lipinski definition) is 12. The molecule has 0 saturated carbocycles. The number of nitrogens with one attached hydrogen (secondary N) is 7. The second kappa shape index (κ2) is 29.0. The third-order valence-electron chi connectivity index (χ3n) is 12.6. The molecule has 9 atom stereocenters. The summed E-state index contributed by atoms with van der Waals surface area (Å²) in [5.41, 5.74) is 18.4. The van der Waals surface area contributed by atoms with Crippen molar-refractivity contribution in [1.29, 1.82) is 0 Å². The van der Waals surface area contributed by atoms with E-state index in [2.05, 4.69) is 46.9 Å². The molecule has 2 heterocycles. The minimum Gasteiger partial charge on any atom is -0.481 e. The van der Waals surface area contributed by atoms with Crippen LogP contribution in [-0.4, -0.2) is 146 Å². The summed E-state index contributed by atoms with van der Waals surface area (Å²) >= 11 is 0. The van der Waals surface area contributed by atoms with Gasteiger partial charge in [0.25, 0.3) is 0 Å². The largest absolute Gasteiger partial charge is 0.481 e. The van der Waals surface area contributed by atoms with Gasteiger partial charge < -0.3 is 69.2 Å². The van der Waals surface area contributed by atoms with Crippen molar-refractivity contribution in [2.24, 2.45) is 34.0 Å². The van der Waals surface area contributed by atoms with Gasteiger partial charge in [-0.2, -0.15) is 0 Å². The number of guanidine groups is 1. The highest BCUT2D eigenvalue weighted by Crippen LogP contribution is 2.21. The van der Waals surface area contributed by atoms with E-state index in [0.717, 1.165) is 0 Å². The number of aliphatic imine (C=N–C) groups is 1. The van der Waals surface area contributed by atoms with Crippen molar-refractivity contribution in [2.45, 2.75) is 134 Å². The van der Waals surface area contributed by atoms with Gasteiger partial charge in [0.05, 0.1) is 18.8 Å². The van der Waals surface area contributed by atoms with Crippen molar-refractivity contribution in [3.8, 4) is 0 Å². The lowest BCUT2D eigenvalue weighted by Gasteiger charge is -2.32. The van der Waals surface area contributed by atoms with Crippen LogP contribution in [-0.2, 0) is 62.4 Å². The van der Waals surface area contributed by atoms with E-state index >= 15 is 0 Å². The minimum absolute atomic E-state index is 0.00822. The average Bonchev–Trinajstić information content (AvgIpc) is 4.08. The molecule has 15 N–H and O–H groups in total. The van der Waals surface area contributed by atoms with Gasteiger partial charge in [-0.05, 0) is 48.6 Å². The Labute approximate surface area is 429 Å². The monoisotopic (exact) mass is 1030 g/mol. The van der Waals surface area contributed by atoms with E-state index in [4.69, 9.17) is 17.2 Å². The Morgan fingerprint density at radius 3 is 1.85 bits per heavy atom. The van der Waals surface area contributed by atoms with E-state index in [-0.39, 0.29) is 57.6 Å². The molecular formula is C50H71N13O11. The van der Waals surface area contributed by atoms with E-state index in [1.54, 1.807) is 88.4 Å². The zero-order chi connectivity index (χ0) is 54.5. The molecule has 24 nitrogen and oxygen atoms in total. The Bertz CT molecular complexity index is 2400. The fourth-order valence-corrected chi connectivity index (χ4v) is 8.30. The summed E-state index contributed by atoms with van der Waals surface area (Å²) in [6.45, 7) is 7.03. The molecule has 1 aliphatic rings. The van der Waals surface area contributed by atoms with Gasteiger partial charge in [-0.15, -0.1) is 0 Å². The summed E-state index contributed by atoms with van der Waals surface area (Å²) in [5, 5.41) is 35.2. The SMILES string of the molecule is CC[C@H](C)[C@H](NC(=O)[C@H](Cc1ccccc1)NC(=O)[C@@H](NC(=O)[C@H](CCCN=C(N)N)NC(=O)[C@@H](N)CC(=O)O)C(C)C)C(=O)N[C@@H](Cc1cnc[nH]1)C(=O)N1CCC[C@H]1C(=O)N[C@@H](Cc1ccccc1)C(=O)O. The number of carboxylic acid groups (broad SMARTS) is 2. The Morgan fingerprint density at radius 2 is 1.30 bits per heavy atom. The van der Waals surface area contributed by atoms with Gasteiger partial charge in [-0.1, -0.05) is 94.8 Å². The molecule has 0 aliphatic carbocycles. The second-order valence-electron chi connectivity index (χ2n) is 18.7. The van der Waals surface area contributed by atoms with Crippen molar-refractivity contribution in [3.05, 3.63) is 90.0 Å². The highest BCUT2D eigenvalue weighted by molar-refractivity contribution is 5.98. The van der Waals surface area contributed by atoms with E-state index < -0.39 is 120 Å². The fourth-order valence-electron chi connectivity index (χ4n) is 8.30. The molecule has 24 heteroatoms. The van der Waals surface area contributed by atoms with Crippen molar-refractivity contribution in [1.82, 2.24) is 46.8 Å². The third kappa shape index (κ3) is 18.3. The number of aromatic amines is 1. The molecule has 1 saturated heterocycles. The van der Waals surface area contributed by atoms with Crippen LogP contribution in [0.2, 0.25) is 0 Å². The number of H-pyrrole nitrogens is 1. The smallest absolute Gasteiger partial charge is 0.326 e. The molecule has 7 amide bonds. The zero-order valence-electron chi connectivity index (χ0n) is 42.1. The normalized spacial score (nSPS) is 16.4. The van der Waals surface area contributed by atoms with Crippen molar-refractivity contribution in [2.75, 3.05) is 13.1 Å². The average molecular weight is 1030 g/mol. The van der Waals surface area contributed by atoms with Crippen molar-refractivity contribution < 1.29 is 53.4 Å². The number of carbonyl (C=O) groups excluding carboxylic acids is 7. The van der Waals surface area contributed by atoms with Crippen LogP contribution < -0.4 is 49.1 Å². The Morgan fingerprint density at radius 1 is 0.730 bits per heavy atom. The van der Waals surface area contributed by atoms with E-state index in [9.17, 15) is 53.4 Å². The van der Waals surface area contributed by atoms with Gasteiger partial charge in [0.2, 0.25) is 41.4 Å². The van der Waals surface area contributed by atoms with Gasteiger partial charge in [0.1, 0.15) is 42.3 Å². The van der Waals surface area contributed by atoms with Gasteiger partial charge in [0, 0.05) is 44.2 Å². The fraction of sp³-hybridized carbons (Fsp3) is 0.500. The summed E-state index contributed by atoms with van der Waals surface area (Å²) in [6.07, 6.45) is 3.20. The molecular weight excluding hydrogens is 959 g/mol. The molecule has 4 rings (SSSR count). The maximum atomic E-state index is 14.6. The third-order valence-corrected chi connectivity index (χ3v) is 12.6. The van der Waals surface area contributed by atoms with Crippen LogP contribution in [0, 0.1) is 11.8 Å². The lowest BCUT2D eigenvalue weighted by molar-refractivity contribution is -0.145. The molecule has 1 aromatic heterocycles. The molecule has 0 bridgehead atoms. The number of nitrogens with two attached hydrogens (primary N) is 3. The van der Waals surface area contributed by atoms with E-state index in [1.807, 2.05) is 0 Å². The maximum absolute atomic E-state index is 14.6. The number of imidazole rings is 1. The molecule has 0 radical (unpaired) electrons. The summed E-state index contributed by atoms with van der Waals surface area (Å²) in [7, 11) is 0. The standard InChI is InChI=1S/C50H71N13O11/c1-5-29(4)41(47(71)59-36(24-32-26-54-27-56-32)48(72)63-21-13-19-38(63)45(69)60-37(49(73)74)23-31-16-10-7-11-17-31)62-44(68)35(22-30-14-8-6-9-15-30)58-46(70)40(28(2)3)61-43(67)34(18-12-20-55-50(52)53)57-42(66)33(51)25-39(64)65/h6-11,14-17,26-29,33-38,40-41H,5,12-13,18-25,51H2,1-4H3,(H,54,56)(H,57,66)(H,58,70)(H,59,71)(H,60,69)(H,61,67)(H,62,68)(H,64,65)(H,73,74)(H4,52,53,55)/t29-,33-,34-,35-,36-,37-,38-,40-,41-/m0/s1. The maximum Gasteiger partial charge on any atom is 0.326 e. The second-order valence-corrected chi connectivity index (χ2v) is 18.7. The lowest BCUT2D eigenvalue weighted by atomic mass is 9.96. The number of benzene rings is 2. The number of aliphatic carboxylic acids is 2. The summed E-state index contributed by atoms with van der Waals surface area (Å²) < 4.78 is 0. The van der Waals surface area contributed by atoms with Gasteiger partial charge in [0.15, 0.2) is 5.96 Å². The summed E-state index contributed by atoms with van der Waals surface area (Å²) in [6, 6.07) is 7.17. The number of hydrogen-bond acceptors (Lipinski definition) is 12. The van der Waals surface area contributed by atoms with E-state index in [0.29, 0.717) is 29.7 Å². The highest BCUT2D eigenvalue weighted by atomic mass is 16.4. The van der Waals surface area contributed by atoms with Crippen LogP contribution >= 0.6 is 0 Å². The van der Waals surface area contributed by atoms with Crippen LogP contribution in [0.5, 0.6) is 0 Å². The first-order chi connectivity index (χ1) is 35.2. The molecule has 1 aliphatic heterocycles. The van der Waals surface area contributed by atoms with Gasteiger partial charge in [-0.3, -0.25) is 43.3 Å². The quantitative estimate of drug-likeness (QED) is 0.0225. The lowest BCUT2D eigenvalue weighted by Crippen LogP contribution is -2.62. The molecule has 2 aromatic carbocycles. The number of nitrogens with zero attached hydrogens (tertiary/aromatic N) is 3. The van der Waals surface area contributed by atoms with Crippen LogP contribution in [0.3, 0.4) is 0 Å².